The highest BCUT2D eigenvalue weighted by atomic mass is 16.5. The highest BCUT2D eigenvalue weighted by molar-refractivity contribution is 5.34. The summed E-state index contributed by atoms with van der Waals surface area (Å²) in [6, 6.07) is 21.1. The lowest BCUT2D eigenvalue weighted by Gasteiger charge is -2.40. The molecule has 4 nitrogen and oxygen atoms in total. The van der Waals surface area contributed by atoms with Gasteiger partial charge in [-0.1, -0.05) is 30.3 Å². The van der Waals surface area contributed by atoms with Crippen LogP contribution in [0.25, 0.3) is 0 Å². The number of aliphatic hydroxyl groups excluding tert-OH is 1. The van der Waals surface area contributed by atoms with E-state index in [1.807, 2.05) is 0 Å². The molecular formula is C23H26N2O2. The molecule has 140 valence electrons. The van der Waals surface area contributed by atoms with E-state index < -0.39 is 6.10 Å². The molecule has 2 unspecified atom stereocenters. The van der Waals surface area contributed by atoms with Crippen molar-refractivity contribution in [3.05, 3.63) is 65.7 Å². The predicted molar refractivity (Wildman–Crippen MR) is 105 cm³/mol. The molecular weight excluding hydrogens is 336 g/mol. The fourth-order valence-corrected chi connectivity index (χ4v) is 4.68. The van der Waals surface area contributed by atoms with E-state index in [2.05, 4.69) is 41.3 Å². The zero-order chi connectivity index (χ0) is 18.6. The zero-order valence-electron chi connectivity index (χ0n) is 15.5. The smallest absolute Gasteiger partial charge is 0.119 e. The van der Waals surface area contributed by atoms with Crippen molar-refractivity contribution < 1.29 is 9.84 Å². The van der Waals surface area contributed by atoms with E-state index in [0.29, 0.717) is 35.9 Å². The molecule has 4 heteroatoms. The van der Waals surface area contributed by atoms with Gasteiger partial charge < -0.3 is 9.84 Å². The standard InChI is InChI=1S/C23H26N2O2/c24-14-17-6-10-23(11-7-17)27-16-22(26)15-25-20-8-9-21(25)13-19(12-20)18-4-2-1-3-5-18/h1-7,10-11,19-22,26H,8-9,12-13,15-16H2/t19?,20-,21+,22?. The summed E-state index contributed by atoms with van der Waals surface area (Å²) in [6.45, 7) is 0.955. The lowest BCUT2D eigenvalue weighted by atomic mass is 9.85. The summed E-state index contributed by atoms with van der Waals surface area (Å²) in [5, 5.41) is 19.3. The summed E-state index contributed by atoms with van der Waals surface area (Å²) in [4.78, 5) is 2.51. The van der Waals surface area contributed by atoms with Crippen molar-refractivity contribution in [1.82, 2.24) is 4.90 Å². The molecule has 2 aromatic rings. The number of nitrogens with zero attached hydrogens (tertiary/aromatic N) is 2. The number of fused-ring (bicyclic) bond motifs is 2. The van der Waals surface area contributed by atoms with Crippen LogP contribution in [0.2, 0.25) is 0 Å². The minimum atomic E-state index is -0.503. The number of ether oxygens (including phenoxy) is 1. The largest absolute Gasteiger partial charge is 0.491 e. The molecule has 0 spiro atoms. The maximum atomic E-state index is 10.5. The molecule has 2 aliphatic heterocycles. The molecule has 2 aromatic carbocycles. The summed E-state index contributed by atoms with van der Waals surface area (Å²) in [5.74, 6) is 1.34. The monoisotopic (exact) mass is 362 g/mol. The topological polar surface area (TPSA) is 56.5 Å². The van der Waals surface area contributed by atoms with Gasteiger partial charge in [-0.05, 0) is 61.4 Å². The first-order valence-electron chi connectivity index (χ1n) is 9.84. The predicted octanol–water partition coefficient (Wildman–Crippen LogP) is 3.71. The van der Waals surface area contributed by atoms with Crippen LogP contribution >= 0.6 is 0 Å². The molecule has 2 bridgehead atoms. The maximum Gasteiger partial charge on any atom is 0.119 e. The highest BCUT2D eigenvalue weighted by Gasteiger charge is 2.41. The first kappa shape index (κ1) is 18.0. The fraction of sp³-hybridized carbons (Fsp3) is 0.435. The number of piperidine rings is 1. The van der Waals surface area contributed by atoms with Crippen LogP contribution in [0.5, 0.6) is 5.75 Å². The Labute approximate surface area is 161 Å². The second-order valence-corrected chi connectivity index (χ2v) is 7.76. The summed E-state index contributed by atoms with van der Waals surface area (Å²) in [5.41, 5.74) is 2.07. The first-order chi connectivity index (χ1) is 13.2. The molecule has 2 heterocycles. The Morgan fingerprint density at radius 1 is 1.04 bits per heavy atom. The van der Waals surface area contributed by atoms with Crippen molar-refractivity contribution in [2.24, 2.45) is 0 Å². The van der Waals surface area contributed by atoms with Crippen LogP contribution in [-0.2, 0) is 0 Å². The van der Waals surface area contributed by atoms with Gasteiger partial charge in [-0.25, -0.2) is 0 Å². The van der Waals surface area contributed by atoms with Crippen molar-refractivity contribution in [3.8, 4) is 11.8 Å². The Kier molecular flexibility index (Phi) is 5.42. The third-order valence-corrected chi connectivity index (χ3v) is 6.00. The molecule has 2 fully saturated rings. The molecule has 0 aliphatic carbocycles. The highest BCUT2D eigenvalue weighted by Crippen LogP contribution is 2.42. The normalized spacial score (nSPS) is 25.7. The SMILES string of the molecule is N#Cc1ccc(OCC(O)CN2[C@@H]3CC[C@H]2CC(c2ccccc2)C3)cc1. The van der Waals surface area contributed by atoms with Crippen molar-refractivity contribution in [2.45, 2.75) is 49.8 Å². The third kappa shape index (κ3) is 4.16. The van der Waals surface area contributed by atoms with E-state index in [1.165, 1.54) is 31.2 Å². The third-order valence-electron chi connectivity index (χ3n) is 6.00. The average molecular weight is 362 g/mol. The van der Waals surface area contributed by atoms with Gasteiger partial charge in [0.1, 0.15) is 18.5 Å². The maximum absolute atomic E-state index is 10.5. The van der Waals surface area contributed by atoms with E-state index in [4.69, 9.17) is 10.00 Å². The molecule has 4 atom stereocenters. The fourth-order valence-electron chi connectivity index (χ4n) is 4.68. The van der Waals surface area contributed by atoms with Gasteiger partial charge in [0.25, 0.3) is 0 Å². The molecule has 4 rings (SSSR count). The summed E-state index contributed by atoms with van der Waals surface area (Å²) in [7, 11) is 0. The second kappa shape index (κ2) is 8.12. The minimum absolute atomic E-state index is 0.282. The molecule has 2 saturated heterocycles. The van der Waals surface area contributed by atoms with Crippen molar-refractivity contribution in [1.29, 1.82) is 5.26 Å². The Hall–Kier alpha value is -2.35. The number of hydrogen-bond acceptors (Lipinski definition) is 4. The second-order valence-electron chi connectivity index (χ2n) is 7.76. The van der Waals surface area contributed by atoms with Crippen LogP contribution in [-0.4, -0.2) is 41.3 Å². The van der Waals surface area contributed by atoms with E-state index in [-0.39, 0.29) is 6.61 Å². The lowest BCUT2D eigenvalue weighted by molar-refractivity contribution is 0.0318. The van der Waals surface area contributed by atoms with Crippen molar-refractivity contribution in [2.75, 3.05) is 13.2 Å². The number of aliphatic hydroxyl groups is 1. The molecule has 2 aliphatic rings. The van der Waals surface area contributed by atoms with Crippen molar-refractivity contribution >= 4 is 0 Å². The molecule has 27 heavy (non-hydrogen) atoms. The Morgan fingerprint density at radius 2 is 1.70 bits per heavy atom. The lowest BCUT2D eigenvalue weighted by Crippen LogP contribution is -2.47. The quantitative estimate of drug-likeness (QED) is 0.851. The van der Waals surface area contributed by atoms with Crippen molar-refractivity contribution in [3.63, 3.8) is 0 Å². The summed E-state index contributed by atoms with van der Waals surface area (Å²) in [6.07, 6.45) is 4.33. The van der Waals surface area contributed by atoms with Gasteiger partial charge in [0.2, 0.25) is 0 Å². The van der Waals surface area contributed by atoms with Gasteiger partial charge in [-0.15, -0.1) is 0 Å². The van der Waals surface area contributed by atoms with Crippen LogP contribution in [0.3, 0.4) is 0 Å². The van der Waals surface area contributed by atoms with Gasteiger partial charge in [-0.3, -0.25) is 4.90 Å². The molecule has 0 amide bonds. The molecule has 0 radical (unpaired) electrons. The molecule has 0 aromatic heterocycles. The van der Waals surface area contributed by atoms with Gasteiger partial charge in [0.05, 0.1) is 11.6 Å². The van der Waals surface area contributed by atoms with Gasteiger partial charge in [-0.2, -0.15) is 5.26 Å². The van der Waals surface area contributed by atoms with E-state index in [1.54, 1.807) is 24.3 Å². The molecule has 1 N–H and O–H groups in total. The van der Waals surface area contributed by atoms with Gasteiger partial charge in [0, 0.05) is 18.6 Å². The number of hydrogen-bond donors (Lipinski definition) is 1. The summed E-state index contributed by atoms with van der Waals surface area (Å²) < 4.78 is 5.70. The van der Waals surface area contributed by atoms with Gasteiger partial charge >= 0.3 is 0 Å². The van der Waals surface area contributed by atoms with Crippen LogP contribution < -0.4 is 4.74 Å². The average Bonchev–Trinajstić information content (AvgIpc) is 2.94. The number of benzene rings is 2. The van der Waals surface area contributed by atoms with Crippen LogP contribution in [0, 0.1) is 11.3 Å². The van der Waals surface area contributed by atoms with Crippen LogP contribution in [0.1, 0.15) is 42.7 Å². The minimum Gasteiger partial charge on any atom is -0.491 e. The van der Waals surface area contributed by atoms with E-state index >= 15 is 0 Å². The Balaban J connectivity index is 1.30. The van der Waals surface area contributed by atoms with E-state index in [9.17, 15) is 5.11 Å². The molecule has 0 saturated carbocycles. The number of rotatable bonds is 6. The number of nitriles is 1. The Bertz CT molecular complexity index is 770. The Morgan fingerprint density at radius 3 is 2.33 bits per heavy atom. The van der Waals surface area contributed by atoms with E-state index in [0.717, 1.165) is 0 Å². The zero-order valence-corrected chi connectivity index (χ0v) is 15.5. The van der Waals surface area contributed by atoms with Crippen LogP contribution in [0.15, 0.2) is 54.6 Å². The summed E-state index contributed by atoms with van der Waals surface area (Å²) >= 11 is 0. The van der Waals surface area contributed by atoms with Gasteiger partial charge in [0.15, 0.2) is 0 Å². The first-order valence-corrected chi connectivity index (χ1v) is 9.84. The van der Waals surface area contributed by atoms with Crippen LogP contribution in [0.4, 0.5) is 0 Å².